The van der Waals surface area contributed by atoms with Gasteiger partial charge in [0.25, 0.3) is 0 Å². The van der Waals surface area contributed by atoms with Crippen LogP contribution in [-0.2, 0) is 4.74 Å². The minimum atomic E-state index is -0.158. The monoisotopic (exact) mass is 331 g/mol. The second-order valence-corrected chi connectivity index (χ2v) is 7.21. The van der Waals surface area contributed by atoms with Crippen molar-refractivity contribution in [1.29, 1.82) is 0 Å². The summed E-state index contributed by atoms with van der Waals surface area (Å²) in [6, 6.07) is 9.48. The lowest BCUT2D eigenvalue weighted by molar-refractivity contribution is 0.0975. The minimum absolute atomic E-state index is 0.118. The maximum absolute atomic E-state index is 12.4. The van der Waals surface area contributed by atoms with Crippen molar-refractivity contribution < 1.29 is 9.53 Å². The van der Waals surface area contributed by atoms with E-state index in [0.29, 0.717) is 6.61 Å². The number of hydrogen-bond donors (Lipinski definition) is 2. The van der Waals surface area contributed by atoms with Gasteiger partial charge in [-0.15, -0.1) is 0 Å². The lowest BCUT2D eigenvalue weighted by atomic mass is 9.84. The number of methoxy groups -OCH3 is 1. The third-order valence-corrected chi connectivity index (χ3v) is 5.22. The van der Waals surface area contributed by atoms with E-state index in [4.69, 9.17) is 4.74 Å². The summed E-state index contributed by atoms with van der Waals surface area (Å²) >= 11 is 0. The van der Waals surface area contributed by atoms with Gasteiger partial charge in [-0.05, 0) is 50.2 Å². The van der Waals surface area contributed by atoms with E-state index < -0.39 is 0 Å². The zero-order chi connectivity index (χ0) is 16.8. The molecule has 132 valence electrons. The van der Waals surface area contributed by atoms with Gasteiger partial charge in [-0.3, -0.25) is 0 Å². The molecule has 2 N–H and O–H groups in total. The van der Waals surface area contributed by atoms with E-state index >= 15 is 0 Å². The largest absolute Gasteiger partial charge is 0.385 e. The highest BCUT2D eigenvalue weighted by Gasteiger charge is 2.37. The molecule has 5 nitrogen and oxygen atoms in total. The quantitative estimate of drug-likeness (QED) is 0.807. The average Bonchev–Trinajstić information content (AvgIpc) is 3.40. The molecule has 0 unspecified atom stereocenters. The molecule has 1 aliphatic heterocycles. The summed E-state index contributed by atoms with van der Waals surface area (Å²) in [7, 11) is 1.72. The molecule has 0 radical (unpaired) electrons. The Kier molecular flexibility index (Phi) is 5.74. The van der Waals surface area contributed by atoms with Gasteiger partial charge in [0.15, 0.2) is 0 Å². The van der Waals surface area contributed by atoms with Crippen molar-refractivity contribution in [3.63, 3.8) is 0 Å². The first kappa shape index (κ1) is 17.2. The highest BCUT2D eigenvalue weighted by atomic mass is 16.5. The van der Waals surface area contributed by atoms with Crippen LogP contribution in [0.1, 0.15) is 32.1 Å². The van der Waals surface area contributed by atoms with Gasteiger partial charge in [0.05, 0.1) is 0 Å². The second-order valence-electron chi connectivity index (χ2n) is 7.21. The number of ether oxygens (including phenoxy) is 1. The number of piperidine rings is 1. The Morgan fingerprint density at radius 2 is 1.96 bits per heavy atom. The van der Waals surface area contributed by atoms with E-state index in [0.717, 1.165) is 44.0 Å². The van der Waals surface area contributed by atoms with Crippen molar-refractivity contribution >= 4 is 11.7 Å². The van der Waals surface area contributed by atoms with Gasteiger partial charge in [-0.25, -0.2) is 4.79 Å². The highest BCUT2D eigenvalue weighted by Crippen LogP contribution is 2.32. The van der Waals surface area contributed by atoms with Gasteiger partial charge >= 0.3 is 6.03 Å². The Hall–Kier alpha value is -1.59. The van der Waals surface area contributed by atoms with Crippen LogP contribution >= 0.6 is 0 Å². The second kappa shape index (κ2) is 7.99. The fraction of sp³-hybridized carbons (Fsp3) is 0.632. The molecule has 1 aliphatic carbocycles. The Labute approximate surface area is 144 Å². The van der Waals surface area contributed by atoms with Gasteiger partial charge in [-0.1, -0.05) is 18.2 Å². The van der Waals surface area contributed by atoms with Crippen molar-refractivity contribution in [2.45, 2.75) is 37.6 Å². The summed E-state index contributed by atoms with van der Waals surface area (Å²) in [5, 5.41) is 6.19. The van der Waals surface area contributed by atoms with E-state index in [2.05, 4.69) is 15.5 Å². The van der Waals surface area contributed by atoms with Crippen LogP contribution in [0.2, 0.25) is 0 Å². The summed E-state index contributed by atoms with van der Waals surface area (Å²) in [6.45, 7) is 4.03. The SMILES string of the molecule is COCCC1(NC(=O)Nc2ccccc2)CCN(CC2CC2)CC1. The molecule has 1 saturated carbocycles. The number of rotatable bonds is 7. The predicted octanol–water partition coefficient (Wildman–Crippen LogP) is 3.09. The standard InChI is InChI=1S/C19H29N3O2/c1-24-14-11-19(9-12-22(13-10-19)15-16-7-8-16)21-18(23)20-17-5-3-2-4-6-17/h2-6,16H,7-15H2,1H3,(H2,20,21,23). The van der Waals surface area contributed by atoms with Gasteiger partial charge in [0, 0.05) is 44.6 Å². The number of para-hydroxylation sites is 1. The normalized spacial score (nSPS) is 20.5. The van der Waals surface area contributed by atoms with E-state index in [9.17, 15) is 4.79 Å². The van der Waals surface area contributed by atoms with Gasteiger partial charge in [-0.2, -0.15) is 0 Å². The lowest BCUT2D eigenvalue weighted by Crippen LogP contribution is -2.57. The molecule has 5 heteroatoms. The number of nitrogens with one attached hydrogen (secondary N) is 2. The van der Waals surface area contributed by atoms with Gasteiger partial charge in [0.1, 0.15) is 0 Å². The number of benzene rings is 1. The lowest BCUT2D eigenvalue weighted by Gasteiger charge is -2.42. The van der Waals surface area contributed by atoms with E-state index in [1.54, 1.807) is 7.11 Å². The molecule has 1 aromatic carbocycles. The van der Waals surface area contributed by atoms with Crippen LogP contribution in [0.3, 0.4) is 0 Å². The number of nitrogens with zero attached hydrogens (tertiary/aromatic N) is 1. The molecular weight excluding hydrogens is 302 g/mol. The number of likely N-dealkylation sites (tertiary alicyclic amines) is 1. The highest BCUT2D eigenvalue weighted by molar-refractivity contribution is 5.89. The van der Waals surface area contributed by atoms with Crippen LogP contribution in [0.25, 0.3) is 0 Å². The number of carbonyl (C=O) groups is 1. The first-order valence-corrected chi connectivity index (χ1v) is 9.05. The molecule has 0 atom stereocenters. The molecule has 0 spiro atoms. The summed E-state index contributed by atoms with van der Waals surface area (Å²) in [4.78, 5) is 15.0. The van der Waals surface area contributed by atoms with Gasteiger partial charge in [0.2, 0.25) is 0 Å². The molecule has 1 saturated heterocycles. The minimum Gasteiger partial charge on any atom is -0.385 e. The van der Waals surface area contributed by atoms with Crippen molar-refractivity contribution in [1.82, 2.24) is 10.2 Å². The number of hydrogen-bond acceptors (Lipinski definition) is 3. The van der Waals surface area contributed by atoms with E-state index in [1.165, 1.54) is 19.4 Å². The zero-order valence-corrected chi connectivity index (χ0v) is 14.6. The Morgan fingerprint density at radius 3 is 2.58 bits per heavy atom. The Bertz CT molecular complexity index is 523. The van der Waals surface area contributed by atoms with Crippen LogP contribution in [-0.4, -0.2) is 49.8 Å². The first-order chi connectivity index (χ1) is 11.7. The smallest absolute Gasteiger partial charge is 0.319 e. The van der Waals surface area contributed by atoms with Crippen LogP contribution in [0.5, 0.6) is 0 Å². The Balaban J connectivity index is 1.55. The third-order valence-electron chi connectivity index (χ3n) is 5.22. The summed E-state index contributed by atoms with van der Waals surface area (Å²) in [6.07, 6.45) is 5.63. The maximum atomic E-state index is 12.4. The molecular formula is C19H29N3O2. The molecule has 3 rings (SSSR count). The molecule has 2 amide bonds. The first-order valence-electron chi connectivity index (χ1n) is 9.05. The molecule has 2 aliphatic rings. The molecule has 1 heterocycles. The number of urea groups is 1. The fourth-order valence-corrected chi connectivity index (χ4v) is 3.49. The van der Waals surface area contributed by atoms with Crippen molar-refractivity contribution in [3.8, 4) is 0 Å². The number of anilines is 1. The summed E-state index contributed by atoms with van der Waals surface area (Å²) in [5.74, 6) is 0.922. The summed E-state index contributed by atoms with van der Waals surface area (Å²) < 4.78 is 5.29. The molecule has 0 aromatic heterocycles. The van der Waals surface area contributed by atoms with Crippen molar-refractivity contribution in [2.24, 2.45) is 5.92 Å². The molecule has 2 fully saturated rings. The van der Waals surface area contributed by atoms with Crippen molar-refractivity contribution in [3.05, 3.63) is 30.3 Å². The van der Waals surface area contributed by atoms with Crippen LogP contribution in [0, 0.1) is 5.92 Å². The topological polar surface area (TPSA) is 53.6 Å². The fourth-order valence-electron chi connectivity index (χ4n) is 3.49. The van der Waals surface area contributed by atoms with Crippen LogP contribution < -0.4 is 10.6 Å². The number of carbonyl (C=O) groups excluding carboxylic acids is 1. The van der Waals surface area contributed by atoms with Gasteiger partial charge < -0.3 is 20.3 Å². The number of amides is 2. The molecule has 24 heavy (non-hydrogen) atoms. The average molecular weight is 331 g/mol. The predicted molar refractivity (Wildman–Crippen MR) is 96.2 cm³/mol. The molecule has 0 bridgehead atoms. The summed E-state index contributed by atoms with van der Waals surface area (Å²) in [5.41, 5.74) is 0.664. The van der Waals surface area contributed by atoms with Crippen molar-refractivity contribution in [2.75, 3.05) is 38.7 Å². The maximum Gasteiger partial charge on any atom is 0.319 e. The van der Waals surface area contributed by atoms with E-state index in [1.807, 2.05) is 30.3 Å². The zero-order valence-electron chi connectivity index (χ0n) is 14.6. The Morgan fingerprint density at radius 1 is 1.25 bits per heavy atom. The van der Waals surface area contributed by atoms with Crippen LogP contribution in [0.4, 0.5) is 10.5 Å². The van der Waals surface area contributed by atoms with E-state index in [-0.39, 0.29) is 11.6 Å². The molecule has 1 aromatic rings. The third kappa shape index (κ3) is 4.95. The van der Waals surface area contributed by atoms with Crippen LogP contribution in [0.15, 0.2) is 30.3 Å².